The van der Waals surface area contributed by atoms with Crippen molar-refractivity contribution in [2.45, 2.75) is 18.9 Å². The number of halogens is 1. The number of terminal acetylenes is 1. The standard InChI is InChI=1S/C15H13FO/c1-2-3-8-15(17)13-9-10-14(16)12-7-5-4-6-11(12)13/h1,4-7,9-10,15,17H,3,8H2. The van der Waals surface area contributed by atoms with Crippen molar-refractivity contribution >= 4 is 10.8 Å². The van der Waals surface area contributed by atoms with E-state index in [0.29, 0.717) is 18.2 Å². The smallest absolute Gasteiger partial charge is 0.131 e. The molecule has 0 aliphatic rings. The first-order valence-electron chi connectivity index (χ1n) is 5.52. The molecular formula is C15H13FO. The molecule has 0 amide bonds. The molecule has 0 radical (unpaired) electrons. The van der Waals surface area contributed by atoms with Crippen LogP contribution in [0, 0.1) is 18.2 Å². The summed E-state index contributed by atoms with van der Waals surface area (Å²) in [5.74, 6) is 2.22. The van der Waals surface area contributed by atoms with Gasteiger partial charge in [-0.25, -0.2) is 4.39 Å². The third kappa shape index (κ3) is 2.30. The van der Waals surface area contributed by atoms with Gasteiger partial charge in [0, 0.05) is 11.8 Å². The highest BCUT2D eigenvalue weighted by Gasteiger charge is 2.12. The van der Waals surface area contributed by atoms with E-state index in [1.165, 1.54) is 6.07 Å². The topological polar surface area (TPSA) is 20.2 Å². The zero-order valence-corrected chi connectivity index (χ0v) is 9.36. The maximum atomic E-state index is 13.6. The van der Waals surface area contributed by atoms with E-state index in [9.17, 15) is 9.50 Å². The molecule has 0 aliphatic carbocycles. The van der Waals surface area contributed by atoms with Crippen LogP contribution in [0.15, 0.2) is 36.4 Å². The van der Waals surface area contributed by atoms with E-state index in [1.807, 2.05) is 12.1 Å². The summed E-state index contributed by atoms with van der Waals surface area (Å²) in [4.78, 5) is 0. The van der Waals surface area contributed by atoms with Gasteiger partial charge in [0.25, 0.3) is 0 Å². The van der Waals surface area contributed by atoms with Crippen LogP contribution in [-0.2, 0) is 0 Å². The van der Waals surface area contributed by atoms with Gasteiger partial charge in [0.05, 0.1) is 6.10 Å². The van der Waals surface area contributed by atoms with Crippen LogP contribution in [-0.4, -0.2) is 5.11 Å². The highest BCUT2D eigenvalue weighted by Crippen LogP contribution is 2.28. The molecule has 0 aromatic heterocycles. The van der Waals surface area contributed by atoms with Crippen LogP contribution in [0.25, 0.3) is 10.8 Å². The summed E-state index contributed by atoms with van der Waals surface area (Å²) < 4.78 is 13.6. The van der Waals surface area contributed by atoms with Crippen molar-refractivity contribution in [2.24, 2.45) is 0 Å². The number of fused-ring (bicyclic) bond motifs is 1. The number of aliphatic hydroxyl groups excluding tert-OH is 1. The number of rotatable bonds is 3. The van der Waals surface area contributed by atoms with Crippen molar-refractivity contribution in [3.63, 3.8) is 0 Å². The van der Waals surface area contributed by atoms with E-state index in [-0.39, 0.29) is 5.82 Å². The molecule has 2 aromatic carbocycles. The van der Waals surface area contributed by atoms with Crippen LogP contribution in [0.1, 0.15) is 24.5 Å². The summed E-state index contributed by atoms with van der Waals surface area (Å²) >= 11 is 0. The lowest BCUT2D eigenvalue weighted by atomic mass is 9.97. The van der Waals surface area contributed by atoms with E-state index < -0.39 is 6.10 Å². The van der Waals surface area contributed by atoms with E-state index in [1.54, 1.807) is 18.2 Å². The molecule has 0 saturated heterocycles. The summed E-state index contributed by atoms with van der Waals surface area (Å²) in [6.07, 6.45) is 5.53. The van der Waals surface area contributed by atoms with Gasteiger partial charge in [-0.15, -0.1) is 12.3 Å². The van der Waals surface area contributed by atoms with Gasteiger partial charge in [0.2, 0.25) is 0 Å². The number of hydrogen-bond acceptors (Lipinski definition) is 1. The molecule has 2 heteroatoms. The minimum Gasteiger partial charge on any atom is -0.388 e. The summed E-state index contributed by atoms with van der Waals surface area (Å²) in [6.45, 7) is 0. The van der Waals surface area contributed by atoms with Gasteiger partial charge in [-0.3, -0.25) is 0 Å². The molecule has 0 heterocycles. The van der Waals surface area contributed by atoms with Crippen LogP contribution in [0.3, 0.4) is 0 Å². The highest BCUT2D eigenvalue weighted by atomic mass is 19.1. The fourth-order valence-electron chi connectivity index (χ4n) is 1.95. The molecule has 2 rings (SSSR count). The van der Waals surface area contributed by atoms with Gasteiger partial charge >= 0.3 is 0 Å². The molecule has 2 aromatic rings. The Morgan fingerprint density at radius 2 is 1.88 bits per heavy atom. The Hall–Kier alpha value is -1.85. The fourth-order valence-corrected chi connectivity index (χ4v) is 1.95. The van der Waals surface area contributed by atoms with Crippen LogP contribution < -0.4 is 0 Å². The Morgan fingerprint density at radius 3 is 2.59 bits per heavy atom. The van der Waals surface area contributed by atoms with Crippen LogP contribution in [0.2, 0.25) is 0 Å². The maximum Gasteiger partial charge on any atom is 0.131 e. The number of hydrogen-bond donors (Lipinski definition) is 1. The Morgan fingerprint density at radius 1 is 1.18 bits per heavy atom. The average molecular weight is 228 g/mol. The van der Waals surface area contributed by atoms with Crippen LogP contribution in [0.5, 0.6) is 0 Å². The van der Waals surface area contributed by atoms with E-state index in [4.69, 9.17) is 6.42 Å². The van der Waals surface area contributed by atoms with Crippen molar-refractivity contribution < 1.29 is 9.50 Å². The summed E-state index contributed by atoms with van der Waals surface area (Å²) in [5.41, 5.74) is 0.734. The molecule has 0 aliphatic heterocycles. The molecule has 0 saturated carbocycles. The largest absolute Gasteiger partial charge is 0.388 e. The monoisotopic (exact) mass is 228 g/mol. The predicted molar refractivity (Wildman–Crippen MR) is 66.9 cm³/mol. The van der Waals surface area contributed by atoms with Crippen molar-refractivity contribution in [3.8, 4) is 12.3 Å². The third-order valence-electron chi connectivity index (χ3n) is 2.83. The van der Waals surface area contributed by atoms with Crippen molar-refractivity contribution in [2.75, 3.05) is 0 Å². The van der Waals surface area contributed by atoms with Gasteiger partial charge in [0.15, 0.2) is 0 Å². The second-order valence-corrected chi connectivity index (χ2v) is 3.94. The van der Waals surface area contributed by atoms with Gasteiger partial charge in [0.1, 0.15) is 5.82 Å². The molecule has 0 spiro atoms. The lowest BCUT2D eigenvalue weighted by molar-refractivity contribution is 0.171. The van der Waals surface area contributed by atoms with Gasteiger partial charge in [-0.2, -0.15) is 0 Å². The summed E-state index contributed by atoms with van der Waals surface area (Å²) in [5, 5.41) is 11.3. The molecule has 1 atom stereocenters. The van der Waals surface area contributed by atoms with Gasteiger partial charge in [-0.05, 0) is 23.4 Å². The SMILES string of the molecule is C#CCCC(O)c1ccc(F)c2ccccc12. The summed E-state index contributed by atoms with van der Waals surface area (Å²) in [7, 11) is 0. The Labute approximate surface area is 99.9 Å². The minimum absolute atomic E-state index is 0.270. The molecular weight excluding hydrogens is 215 g/mol. The molecule has 1 nitrogen and oxygen atoms in total. The van der Waals surface area contributed by atoms with E-state index in [0.717, 1.165) is 10.9 Å². The first-order valence-corrected chi connectivity index (χ1v) is 5.52. The second-order valence-electron chi connectivity index (χ2n) is 3.94. The predicted octanol–water partition coefficient (Wildman–Crippen LogP) is 3.43. The fraction of sp³-hybridized carbons (Fsp3) is 0.200. The molecule has 0 bridgehead atoms. The number of benzene rings is 2. The highest BCUT2D eigenvalue weighted by molar-refractivity contribution is 5.86. The zero-order valence-electron chi connectivity index (χ0n) is 9.36. The maximum absolute atomic E-state index is 13.6. The zero-order chi connectivity index (χ0) is 12.3. The van der Waals surface area contributed by atoms with E-state index in [2.05, 4.69) is 5.92 Å². The first kappa shape index (κ1) is 11.6. The first-order chi connectivity index (χ1) is 8.24. The van der Waals surface area contributed by atoms with Crippen molar-refractivity contribution in [3.05, 3.63) is 47.8 Å². The molecule has 86 valence electrons. The van der Waals surface area contributed by atoms with E-state index >= 15 is 0 Å². The molecule has 1 N–H and O–H groups in total. The van der Waals surface area contributed by atoms with Crippen molar-refractivity contribution in [1.82, 2.24) is 0 Å². The quantitative estimate of drug-likeness (QED) is 0.798. The lowest BCUT2D eigenvalue weighted by Crippen LogP contribution is -1.98. The summed E-state index contributed by atoms with van der Waals surface area (Å²) in [6, 6.07) is 10.1. The normalized spacial score (nSPS) is 12.3. The third-order valence-corrected chi connectivity index (χ3v) is 2.83. The molecule has 17 heavy (non-hydrogen) atoms. The molecule has 1 unspecified atom stereocenters. The second kappa shape index (κ2) is 4.99. The van der Waals surface area contributed by atoms with Crippen LogP contribution in [0.4, 0.5) is 4.39 Å². The minimum atomic E-state index is -0.642. The molecule has 0 fully saturated rings. The van der Waals surface area contributed by atoms with Crippen LogP contribution >= 0.6 is 0 Å². The lowest BCUT2D eigenvalue weighted by Gasteiger charge is -2.13. The van der Waals surface area contributed by atoms with Gasteiger partial charge in [-0.1, -0.05) is 30.3 Å². The van der Waals surface area contributed by atoms with Crippen molar-refractivity contribution in [1.29, 1.82) is 0 Å². The number of aliphatic hydroxyl groups is 1. The Balaban J connectivity index is 2.48. The van der Waals surface area contributed by atoms with Gasteiger partial charge < -0.3 is 5.11 Å². The Kier molecular flexibility index (Phi) is 3.41. The Bertz CT molecular complexity index is 569. The average Bonchev–Trinajstić information content (AvgIpc) is 2.37.